The highest BCUT2D eigenvalue weighted by molar-refractivity contribution is 5.89. The summed E-state index contributed by atoms with van der Waals surface area (Å²) in [5.74, 6) is 0.00631. The van der Waals surface area contributed by atoms with Crippen molar-refractivity contribution in [3.63, 3.8) is 0 Å². The van der Waals surface area contributed by atoms with Crippen LogP contribution in [-0.4, -0.2) is 29.1 Å². The van der Waals surface area contributed by atoms with E-state index in [9.17, 15) is 4.79 Å². The summed E-state index contributed by atoms with van der Waals surface area (Å²) in [6.45, 7) is 3.81. The third kappa shape index (κ3) is 2.75. The van der Waals surface area contributed by atoms with E-state index in [-0.39, 0.29) is 0 Å². The number of pyridine rings is 1. The van der Waals surface area contributed by atoms with Crippen molar-refractivity contribution in [3.8, 4) is 0 Å². The fraction of sp³-hybridized carbons (Fsp3) is 0.538. The Morgan fingerprint density at radius 1 is 1.24 bits per heavy atom. The molecule has 2 rings (SSSR count). The summed E-state index contributed by atoms with van der Waals surface area (Å²) < 4.78 is 0. The van der Waals surface area contributed by atoms with Gasteiger partial charge in [0.1, 0.15) is 5.82 Å². The van der Waals surface area contributed by atoms with E-state index in [0.29, 0.717) is 11.3 Å². The number of aromatic nitrogens is 1. The van der Waals surface area contributed by atoms with Crippen LogP contribution in [0, 0.1) is 6.92 Å². The van der Waals surface area contributed by atoms with E-state index in [2.05, 4.69) is 9.88 Å². The minimum absolute atomic E-state index is 0.295. The molecule has 0 aliphatic carbocycles. The maximum atomic E-state index is 10.9. The average Bonchev–Trinajstić information content (AvgIpc) is 2.56. The smallest absolute Gasteiger partial charge is 0.337 e. The number of anilines is 1. The summed E-state index contributed by atoms with van der Waals surface area (Å²) in [6, 6.07) is 3.48. The van der Waals surface area contributed by atoms with E-state index in [0.717, 1.165) is 18.9 Å². The van der Waals surface area contributed by atoms with Crippen LogP contribution in [-0.2, 0) is 0 Å². The summed E-state index contributed by atoms with van der Waals surface area (Å²) in [4.78, 5) is 17.6. The Kier molecular flexibility index (Phi) is 3.61. The Morgan fingerprint density at radius 3 is 2.41 bits per heavy atom. The van der Waals surface area contributed by atoms with Crippen LogP contribution in [0.2, 0.25) is 0 Å². The number of nitrogens with zero attached hydrogens (tertiary/aromatic N) is 2. The topological polar surface area (TPSA) is 53.4 Å². The molecular formula is C13H18N2O2. The molecule has 0 amide bonds. The van der Waals surface area contributed by atoms with Gasteiger partial charge < -0.3 is 10.0 Å². The Balaban J connectivity index is 2.21. The van der Waals surface area contributed by atoms with E-state index in [1.54, 1.807) is 13.0 Å². The molecule has 1 aromatic rings. The van der Waals surface area contributed by atoms with Crippen LogP contribution in [0.5, 0.6) is 0 Å². The zero-order chi connectivity index (χ0) is 12.3. The molecule has 0 aromatic carbocycles. The number of hydrogen-bond acceptors (Lipinski definition) is 3. The maximum absolute atomic E-state index is 10.9. The monoisotopic (exact) mass is 234 g/mol. The molecule has 0 unspecified atom stereocenters. The first-order chi connectivity index (χ1) is 8.18. The SMILES string of the molecule is Cc1nc(N2CCCCCC2)ccc1C(=O)O. The van der Waals surface area contributed by atoms with Crippen LogP contribution in [0.15, 0.2) is 12.1 Å². The quantitative estimate of drug-likeness (QED) is 0.854. The van der Waals surface area contributed by atoms with E-state index in [1.165, 1.54) is 25.7 Å². The Hall–Kier alpha value is -1.58. The molecule has 1 aliphatic heterocycles. The van der Waals surface area contributed by atoms with Gasteiger partial charge in [-0.15, -0.1) is 0 Å². The summed E-state index contributed by atoms with van der Waals surface area (Å²) in [7, 11) is 0. The van der Waals surface area contributed by atoms with Crippen LogP contribution in [0.4, 0.5) is 5.82 Å². The van der Waals surface area contributed by atoms with Crippen molar-refractivity contribution in [3.05, 3.63) is 23.4 Å². The third-order valence-corrected chi connectivity index (χ3v) is 3.23. The average molecular weight is 234 g/mol. The van der Waals surface area contributed by atoms with Crippen molar-refractivity contribution < 1.29 is 9.90 Å². The number of rotatable bonds is 2. The first kappa shape index (κ1) is 11.9. The lowest BCUT2D eigenvalue weighted by Crippen LogP contribution is -2.25. The minimum Gasteiger partial charge on any atom is -0.478 e. The molecule has 0 spiro atoms. The molecule has 4 heteroatoms. The number of carbonyl (C=O) groups is 1. The molecule has 17 heavy (non-hydrogen) atoms. The van der Waals surface area contributed by atoms with Crippen LogP contribution in [0.3, 0.4) is 0 Å². The third-order valence-electron chi connectivity index (χ3n) is 3.23. The van der Waals surface area contributed by atoms with Crippen molar-refractivity contribution in [2.45, 2.75) is 32.6 Å². The van der Waals surface area contributed by atoms with Crippen LogP contribution in [0.1, 0.15) is 41.7 Å². The first-order valence-electron chi connectivity index (χ1n) is 6.14. The number of aryl methyl sites for hydroxylation is 1. The Bertz CT molecular complexity index is 410. The Morgan fingerprint density at radius 2 is 1.88 bits per heavy atom. The molecule has 1 saturated heterocycles. The second-order valence-electron chi connectivity index (χ2n) is 4.51. The zero-order valence-corrected chi connectivity index (χ0v) is 10.1. The van der Waals surface area contributed by atoms with E-state index < -0.39 is 5.97 Å². The lowest BCUT2D eigenvalue weighted by Gasteiger charge is -2.21. The second kappa shape index (κ2) is 5.17. The van der Waals surface area contributed by atoms with Gasteiger partial charge in [0.05, 0.1) is 11.3 Å². The summed E-state index contributed by atoms with van der Waals surface area (Å²) >= 11 is 0. The molecule has 0 saturated carbocycles. The second-order valence-corrected chi connectivity index (χ2v) is 4.51. The minimum atomic E-state index is -0.905. The lowest BCUT2D eigenvalue weighted by molar-refractivity contribution is 0.0695. The number of aromatic carboxylic acids is 1. The van der Waals surface area contributed by atoms with Crippen molar-refractivity contribution in [1.82, 2.24) is 4.98 Å². The van der Waals surface area contributed by atoms with E-state index >= 15 is 0 Å². The van der Waals surface area contributed by atoms with E-state index in [4.69, 9.17) is 5.11 Å². The maximum Gasteiger partial charge on any atom is 0.337 e. The molecule has 1 aromatic heterocycles. The molecule has 4 nitrogen and oxygen atoms in total. The molecular weight excluding hydrogens is 216 g/mol. The van der Waals surface area contributed by atoms with Gasteiger partial charge in [-0.2, -0.15) is 0 Å². The molecule has 2 heterocycles. The van der Waals surface area contributed by atoms with Crippen LogP contribution < -0.4 is 4.90 Å². The van der Waals surface area contributed by atoms with Gasteiger partial charge in [-0.3, -0.25) is 0 Å². The molecule has 0 radical (unpaired) electrons. The predicted octanol–water partition coefficient (Wildman–Crippen LogP) is 2.47. The standard InChI is InChI=1S/C13H18N2O2/c1-10-11(13(16)17)6-7-12(14-10)15-8-4-2-3-5-9-15/h6-7H,2-5,8-9H2,1H3,(H,16,17). The summed E-state index contributed by atoms with van der Waals surface area (Å²) in [5, 5.41) is 8.96. The first-order valence-corrected chi connectivity index (χ1v) is 6.14. The Labute approximate surface area is 101 Å². The van der Waals surface area contributed by atoms with Gasteiger partial charge in [-0.05, 0) is 31.9 Å². The van der Waals surface area contributed by atoms with Gasteiger partial charge in [0.25, 0.3) is 0 Å². The molecule has 1 N–H and O–H groups in total. The fourth-order valence-corrected chi connectivity index (χ4v) is 2.25. The molecule has 92 valence electrons. The highest BCUT2D eigenvalue weighted by Crippen LogP contribution is 2.19. The van der Waals surface area contributed by atoms with Gasteiger partial charge in [-0.25, -0.2) is 9.78 Å². The van der Waals surface area contributed by atoms with Gasteiger partial charge in [0.2, 0.25) is 0 Å². The number of carboxylic acid groups (broad SMARTS) is 1. The number of carboxylic acids is 1. The van der Waals surface area contributed by atoms with Gasteiger partial charge in [0, 0.05) is 13.1 Å². The zero-order valence-electron chi connectivity index (χ0n) is 10.1. The predicted molar refractivity (Wildman–Crippen MR) is 66.6 cm³/mol. The van der Waals surface area contributed by atoms with Crippen molar-refractivity contribution in [2.75, 3.05) is 18.0 Å². The fourth-order valence-electron chi connectivity index (χ4n) is 2.25. The normalized spacial score (nSPS) is 16.6. The van der Waals surface area contributed by atoms with Crippen molar-refractivity contribution in [2.24, 2.45) is 0 Å². The van der Waals surface area contributed by atoms with Gasteiger partial charge >= 0.3 is 5.97 Å². The van der Waals surface area contributed by atoms with Crippen molar-refractivity contribution in [1.29, 1.82) is 0 Å². The van der Waals surface area contributed by atoms with Gasteiger partial charge in [0.15, 0.2) is 0 Å². The molecule has 0 bridgehead atoms. The van der Waals surface area contributed by atoms with E-state index in [1.807, 2.05) is 6.07 Å². The number of hydrogen-bond donors (Lipinski definition) is 1. The van der Waals surface area contributed by atoms with Gasteiger partial charge in [-0.1, -0.05) is 12.8 Å². The summed E-state index contributed by atoms with van der Waals surface area (Å²) in [6.07, 6.45) is 4.95. The highest BCUT2D eigenvalue weighted by atomic mass is 16.4. The highest BCUT2D eigenvalue weighted by Gasteiger charge is 2.14. The van der Waals surface area contributed by atoms with Crippen LogP contribution in [0.25, 0.3) is 0 Å². The van der Waals surface area contributed by atoms with Crippen molar-refractivity contribution >= 4 is 11.8 Å². The lowest BCUT2D eigenvalue weighted by atomic mass is 10.2. The molecule has 0 atom stereocenters. The summed E-state index contributed by atoms with van der Waals surface area (Å²) in [5.41, 5.74) is 0.891. The largest absolute Gasteiger partial charge is 0.478 e. The molecule has 1 aliphatic rings. The molecule has 1 fully saturated rings. The van der Waals surface area contributed by atoms with Crippen LogP contribution >= 0.6 is 0 Å².